The number of anilines is 1. The molecule has 2 heterocycles. The number of hydrogen-bond donors (Lipinski definition) is 1. The Morgan fingerprint density at radius 1 is 1.14 bits per heavy atom. The molecule has 0 spiro atoms. The lowest BCUT2D eigenvalue weighted by atomic mass is 9.91. The summed E-state index contributed by atoms with van der Waals surface area (Å²) in [6.45, 7) is 4.40. The molecule has 35 heavy (non-hydrogen) atoms. The number of aliphatic imine (C=N–C) groups is 1. The second-order valence-corrected chi connectivity index (χ2v) is 8.14. The lowest BCUT2D eigenvalue weighted by Gasteiger charge is -2.39. The van der Waals surface area contributed by atoms with Gasteiger partial charge in [-0.2, -0.15) is 0 Å². The number of ether oxygens (including phenoxy) is 2. The minimum Gasteiger partial charge on any atom is -0.497 e. The van der Waals surface area contributed by atoms with Crippen LogP contribution >= 0.6 is 0 Å². The van der Waals surface area contributed by atoms with Crippen LogP contribution in [-0.2, 0) is 14.3 Å². The highest BCUT2D eigenvalue weighted by molar-refractivity contribution is 6.08. The van der Waals surface area contributed by atoms with Crippen molar-refractivity contribution >= 4 is 29.2 Å². The largest absolute Gasteiger partial charge is 0.497 e. The maximum atomic E-state index is 13.0. The van der Waals surface area contributed by atoms with Gasteiger partial charge in [-0.15, -0.1) is 0 Å². The number of nitro benzene ring substituents is 1. The number of rotatable bonds is 6. The van der Waals surface area contributed by atoms with Crippen LogP contribution in [0.2, 0.25) is 0 Å². The van der Waals surface area contributed by atoms with E-state index in [-0.39, 0.29) is 12.3 Å². The monoisotopic (exact) mass is 481 g/mol. The number of benzene rings is 2. The molecule has 2 atom stereocenters. The number of nitrogens with one attached hydrogen (secondary N) is 1. The lowest BCUT2D eigenvalue weighted by Crippen LogP contribution is -2.57. The zero-order valence-corrected chi connectivity index (χ0v) is 19.5. The van der Waals surface area contributed by atoms with Crippen LogP contribution in [-0.4, -0.2) is 67.6 Å². The van der Waals surface area contributed by atoms with Crippen LogP contribution in [0.25, 0.3) is 0 Å². The number of carbonyl (C=O) groups is 2. The van der Waals surface area contributed by atoms with Gasteiger partial charge in [0.2, 0.25) is 11.9 Å². The molecule has 2 aliphatic heterocycles. The first-order valence-corrected chi connectivity index (χ1v) is 11.3. The van der Waals surface area contributed by atoms with E-state index >= 15 is 0 Å². The Labute approximate surface area is 202 Å². The van der Waals surface area contributed by atoms with Gasteiger partial charge in [-0.05, 0) is 24.6 Å². The first-order valence-electron chi connectivity index (χ1n) is 11.3. The fraction of sp³-hybridized carbons (Fsp3) is 0.375. The molecule has 1 amide bonds. The summed E-state index contributed by atoms with van der Waals surface area (Å²) < 4.78 is 10.4. The minimum atomic E-state index is -1.18. The van der Waals surface area contributed by atoms with Crippen LogP contribution < -0.4 is 15.0 Å². The molecule has 2 unspecified atom stereocenters. The predicted octanol–water partition coefficient (Wildman–Crippen LogP) is 2.13. The highest BCUT2D eigenvalue weighted by Gasteiger charge is 2.42. The van der Waals surface area contributed by atoms with E-state index in [1.165, 1.54) is 24.3 Å². The van der Waals surface area contributed by atoms with Gasteiger partial charge in [0.1, 0.15) is 11.8 Å². The zero-order chi connectivity index (χ0) is 24.9. The van der Waals surface area contributed by atoms with Crippen LogP contribution in [0, 0.1) is 16.0 Å². The van der Waals surface area contributed by atoms with E-state index in [0.29, 0.717) is 37.7 Å². The molecule has 11 nitrogen and oxygen atoms in total. The molecular formula is C24H27N5O6. The zero-order valence-electron chi connectivity index (χ0n) is 19.5. The number of nitro groups is 1. The molecule has 1 fully saturated rings. The van der Waals surface area contributed by atoms with E-state index in [0.717, 1.165) is 11.4 Å². The second-order valence-electron chi connectivity index (χ2n) is 8.14. The number of guanidine groups is 1. The molecule has 4 rings (SSSR count). The number of nitrogens with zero attached hydrogens (tertiary/aromatic N) is 4. The number of esters is 1. The average Bonchev–Trinajstić information content (AvgIpc) is 2.88. The topological polar surface area (TPSA) is 127 Å². The second kappa shape index (κ2) is 10.4. The molecule has 0 radical (unpaired) electrons. The molecule has 0 bridgehead atoms. The quantitative estimate of drug-likeness (QED) is 0.288. The van der Waals surface area contributed by atoms with Gasteiger partial charge < -0.3 is 19.3 Å². The lowest BCUT2D eigenvalue weighted by molar-refractivity contribution is -0.384. The van der Waals surface area contributed by atoms with Crippen molar-refractivity contribution < 1.29 is 24.0 Å². The van der Waals surface area contributed by atoms with Crippen molar-refractivity contribution in [1.29, 1.82) is 0 Å². The van der Waals surface area contributed by atoms with Crippen LogP contribution in [0.5, 0.6) is 5.75 Å². The Morgan fingerprint density at radius 3 is 2.46 bits per heavy atom. The number of piperazine rings is 1. The van der Waals surface area contributed by atoms with Crippen LogP contribution in [0.4, 0.5) is 11.4 Å². The fourth-order valence-electron chi connectivity index (χ4n) is 4.24. The van der Waals surface area contributed by atoms with Crippen LogP contribution in [0.3, 0.4) is 0 Å². The Bertz CT molecular complexity index is 1130. The molecule has 184 valence electrons. The summed E-state index contributed by atoms with van der Waals surface area (Å²) in [5.74, 6) is -1.21. The summed E-state index contributed by atoms with van der Waals surface area (Å²) in [5.41, 5.74) is 1.49. The van der Waals surface area contributed by atoms with Crippen molar-refractivity contribution in [1.82, 2.24) is 10.2 Å². The van der Waals surface area contributed by atoms with E-state index in [9.17, 15) is 19.7 Å². The molecular weight excluding hydrogens is 454 g/mol. The van der Waals surface area contributed by atoms with Gasteiger partial charge in [-0.25, -0.2) is 4.99 Å². The molecule has 1 N–H and O–H groups in total. The summed E-state index contributed by atoms with van der Waals surface area (Å²) in [6, 6.07) is 12.7. The SMILES string of the molecule is CCOC(=O)C1C(=O)NC(N2CCN(c3cccc(OC)c3)CC2)=NC1c1ccc([N+](=O)[O-])cc1. The van der Waals surface area contributed by atoms with Gasteiger partial charge in [-0.3, -0.25) is 25.0 Å². The third-order valence-electron chi connectivity index (χ3n) is 6.08. The summed E-state index contributed by atoms with van der Waals surface area (Å²) in [6.07, 6.45) is 0. The highest BCUT2D eigenvalue weighted by Crippen LogP contribution is 2.32. The molecule has 0 saturated carbocycles. The molecule has 0 aromatic heterocycles. The standard InChI is InChI=1S/C24H27N5O6/c1-3-35-23(31)20-21(16-7-9-17(10-8-16)29(32)33)25-24(26-22(20)30)28-13-11-27(12-14-28)18-5-4-6-19(15-18)34-2/h4-10,15,20-21H,3,11-14H2,1-2H3,(H,25,26,30). The van der Waals surface area contributed by atoms with Crippen molar-refractivity contribution in [3.05, 3.63) is 64.2 Å². The maximum Gasteiger partial charge on any atom is 0.321 e. The average molecular weight is 482 g/mol. The van der Waals surface area contributed by atoms with Crippen LogP contribution in [0.1, 0.15) is 18.5 Å². The normalized spacial score (nSPS) is 20.1. The summed E-state index contributed by atoms with van der Waals surface area (Å²) in [5, 5.41) is 13.8. The molecule has 0 aliphatic carbocycles. The first kappa shape index (κ1) is 24.0. The van der Waals surface area contributed by atoms with Crippen molar-refractivity contribution in [2.24, 2.45) is 10.9 Å². The third kappa shape index (κ3) is 5.18. The van der Waals surface area contributed by atoms with Gasteiger partial charge in [0.05, 0.1) is 18.6 Å². The van der Waals surface area contributed by atoms with Gasteiger partial charge in [0.25, 0.3) is 5.69 Å². The Balaban J connectivity index is 1.56. The third-order valence-corrected chi connectivity index (χ3v) is 6.08. The predicted molar refractivity (Wildman–Crippen MR) is 128 cm³/mol. The van der Waals surface area contributed by atoms with Gasteiger partial charge in [0, 0.05) is 50.1 Å². The van der Waals surface area contributed by atoms with E-state index in [1.54, 1.807) is 14.0 Å². The van der Waals surface area contributed by atoms with Crippen LogP contribution in [0.15, 0.2) is 53.5 Å². The maximum absolute atomic E-state index is 13.0. The molecule has 2 aromatic carbocycles. The highest BCUT2D eigenvalue weighted by atomic mass is 16.6. The molecule has 2 aromatic rings. The van der Waals surface area contributed by atoms with Crippen molar-refractivity contribution in [3.63, 3.8) is 0 Å². The molecule has 1 saturated heterocycles. The van der Waals surface area contributed by atoms with Gasteiger partial charge >= 0.3 is 5.97 Å². The number of amides is 1. The van der Waals surface area contributed by atoms with Crippen molar-refractivity contribution in [2.75, 3.05) is 44.8 Å². The van der Waals surface area contributed by atoms with E-state index in [4.69, 9.17) is 14.5 Å². The summed E-state index contributed by atoms with van der Waals surface area (Å²) >= 11 is 0. The number of hydrogen-bond acceptors (Lipinski definition) is 9. The molecule has 2 aliphatic rings. The van der Waals surface area contributed by atoms with Crippen molar-refractivity contribution in [3.8, 4) is 5.75 Å². The fourth-order valence-corrected chi connectivity index (χ4v) is 4.24. The van der Waals surface area contributed by atoms with E-state index in [2.05, 4.69) is 10.2 Å². The number of non-ortho nitro benzene ring substituents is 1. The minimum absolute atomic E-state index is 0.0837. The Morgan fingerprint density at radius 2 is 1.83 bits per heavy atom. The Kier molecular flexibility index (Phi) is 7.14. The number of carbonyl (C=O) groups excluding carboxylic acids is 2. The number of methoxy groups -OCH3 is 1. The van der Waals surface area contributed by atoms with E-state index in [1.807, 2.05) is 29.2 Å². The smallest absolute Gasteiger partial charge is 0.321 e. The van der Waals surface area contributed by atoms with E-state index < -0.39 is 28.8 Å². The molecule has 11 heteroatoms. The Hall–Kier alpha value is -4.15. The van der Waals surface area contributed by atoms with Gasteiger partial charge in [0.15, 0.2) is 5.92 Å². The first-order chi connectivity index (χ1) is 16.9. The summed E-state index contributed by atoms with van der Waals surface area (Å²) in [4.78, 5) is 45.1. The van der Waals surface area contributed by atoms with Crippen molar-refractivity contribution in [2.45, 2.75) is 13.0 Å². The van der Waals surface area contributed by atoms with Gasteiger partial charge in [-0.1, -0.05) is 18.2 Å². The summed E-state index contributed by atoms with van der Waals surface area (Å²) in [7, 11) is 1.63.